The van der Waals surface area contributed by atoms with Crippen LogP contribution in [0.3, 0.4) is 0 Å². The van der Waals surface area contributed by atoms with Gasteiger partial charge in [-0.15, -0.1) is 0 Å². The van der Waals surface area contributed by atoms with Crippen LogP contribution in [0.25, 0.3) is 0 Å². The van der Waals surface area contributed by atoms with Gasteiger partial charge in [0.1, 0.15) is 11.9 Å². The molecular formula is C23H24FN3O3. The standard InChI is InChI=1S/C23H24FN3O3/c1-14(2)26-13-18(27-21(23(26)30)22(29)19(28)12-25-27)20(15-7-4-3-5-8-15)16-9-6-10-17(24)11-16/h3-12,14,18-20,28-29H,13H2,1-2H3. The number of aliphatic hydroxyl groups excluding tert-OH is 2. The van der Waals surface area contributed by atoms with E-state index in [1.807, 2.05) is 50.2 Å². The Morgan fingerprint density at radius 2 is 1.80 bits per heavy atom. The number of amides is 1. The van der Waals surface area contributed by atoms with E-state index in [0.717, 1.165) is 11.1 Å². The van der Waals surface area contributed by atoms with E-state index in [1.54, 1.807) is 11.0 Å². The molecule has 30 heavy (non-hydrogen) atoms. The summed E-state index contributed by atoms with van der Waals surface area (Å²) in [5.41, 5.74) is 1.64. The number of piperazine rings is 1. The highest BCUT2D eigenvalue weighted by Crippen LogP contribution is 2.38. The van der Waals surface area contributed by atoms with Crippen molar-refractivity contribution >= 4 is 12.1 Å². The van der Waals surface area contributed by atoms with Crippen molar-refractivity contribution in [2.45, 2.75) is 38.0 Å². The average Bonchev–Trinajstić information content (AvgIpc) is 2.73. The molecule has 0 spiro atoms. The van der Waals surface area contributed by atoms with Crippen molar-refractivity contribution in [3.8, 4) is 0 Å². The average molecular weight is 409 g/mol. The number of rotatable bonds is 4. The molecule has 2 aliphatic rings. The minimum absolute atomic E-state index is 0.0349. The number of halogens is 1. The second kappa shape index (κ2) is 7.91. The van der Waals surface area contributed by atoms with E-state index in [4.69, 9.17) is 0 Å². The Morgan fingerprint density at radius 3 is 2.47 bits per heavy atom. The largest absolute Gasteiger partial charge is 0.507 e. The monoisotopic (exact) mass is 409 g/mol. The molecule has 4 rings (SSSR count). The van der Waals surface area contributed by atoms with Gasteiger partial charge in [0.05, 0.1) is 12.3 Å². The van der Waals surface area contributed by atoms with Crippen LogP contribution >= 0.6 is 0 Å². The van der Waals surface area contributed by atoms with E-state index >= 15 is 0 Å². The second-order valence-corrected chi connectivity index (χ2v) is 7.85. The van der Waals surface area contributed by atoms with Crippen molar-refractivity contribution in [2.75, 3.05) is 6.54 Å². The number of hydrazone groups is 1. The molecule has 3 unspecified atom stereocenters. The molecule has 1 saturated heterocycles. The summed E-state index contributed by atoms with van der Waals surface area (Å²) in [5, 5.41) is 26.3. The van der Waals surface area contributed by atoms with Crippen LogP contribution in [-0.4, -0.2) is 57.0 Å². The lowest BCUT2D eigenvalue weighted by atomic mass is 9.82. The van der Waals surface area contributed by atoms with Crippen molar-refractivity contribution in [3.05, 3.63) is 83.0 Å². The Kier molecular flexibility index (Phi) is 5.30. The first-order valence-electron chi connectivity index (χ1n) is 9.94. The summed E-state index contributed by atoms with van der Waals surface area (Å²) in [6.45, 7) is 4.12. The van der Waals surface area contributed by atoms with Crippen molar-refractivity contribution < 1.29 is 19.4 Å². The highest BCUT2D eigenvalue weighted by Gasteiger charge is 2.45. The third kappa shape index (κ3) is 3.45. The quantitative estimate of drug-likeness (QED) is 0.814. The van der Waals surface area contributed by atoms with E-state index in [9.17, 15) is 19.4 Å². The molecule has 1 fully saturated rings. The molecule has 6 nitrogen and oxygen atoms in total. The maximum atomic E-state index is 14.1. The van der Waals surface area contributed by atoms with E-state index in [0.29, 0.717) is 6.54 Å². The summed E-state index contributed by atoms with van der Waals surface area (Å²) >= 11 is 0. The predicted molar refractivity (Wildman–Crippen MR) is 111 cm³/mol. The predicted octanol–water partition coefficient (Wildman–Crippen LogP) is 3.01. The number of nitrogens with zero attached hydrogens (tertiary/aromatic N) is 3. The Bertz CT molecular complexity index is 1010. The van der Waals surface area contributed by atoms with Crippen LogP contribution in [0.5, 0.6) is 0 Å². The normalized spacial score (nSPS) is 22.5. The van der Waals surface area contributed by atoms with E-state index in [1.165, 1.54) is 23.4 Å². The lowest BCUT2D eigenvalue weighted by Crippen LogP contribution is -2.58. The van der Waals surface area contributed by atoms with Crippen LogP contribution in [0.4, 0.5) is 4.39 Å². The molecule has 7 heteroatoms. The van der Waals surface area contributed by atoms with Gasteiger partial charge in [0.2, 0.25) is 0 Å². The molecule has 0 saturated carbocycles. The number of hydrogen-bond acceptors (Lipinski definition) is 5. The SMILES string of the molecule is CC(C)N1CC(C(c2ccccc2)c2cccc(F)c2)N2N=CC(O)C(O)=C2C1=O. The van der Waals surface area contributed by atoms with Gasteiger partial charge < -0.3 is 15.1 Å². The third-order valence-corrected chi connectivity index (χ3v) is 5.62. The maximum absolute atomic E-state index is 14.1. The zero-order valence-corrected chi connectivity index (χ0v) is 16.8. The van der Waals surface area contributed by atoms with Gasteiger partial charge in [-0.05, 0) is 37.1 Å². The van der Waals surface area contributed by atoms with Crippen LogP contribution in [0.1, 0.15) is 30.9 Å². The van der Waals surface area contributed by atoms with Crippen LogP contribution in [0.2, 0.25) is 0 Å². The number of hydrogen-bond donors (Lipinski definition) is 2. The lowest BCUT2D eigenvalue weighted by molar-refractivity contribution is -0.136. The number of benzene rings is 2. The molecule has 2 N–H and O–H groups in total. The molecule has 2 aromatic carbocycles. The van der Waals surface area contributed by atoms with Gasteiger partial charge in [0, 0.05) is 18.5 Å². The van der Waals surface area contributed by atoms with Crippen molar-refractivity contribution in [1.29, 1.82) is 0 Å². The molecule has 0 bridgehead atoms. The molecule has 0 aromatic heterocycles. The van der Waals surface area contributed by atoms with Crippen LogP contribution in [0.15, 0.2) is 71.2 Å². The van der Waals surface area contributed by atoms with Gasteiger partial charge in [-0.1, -0.05) is 42.5 Å². The van der Waals surface area contributed by atoms with Crippen LogP contribution < -0.4 is 0 Å². The first-order chi connectivity index (χ1) is 14.4. The molecule has 1 amide bonds. The molecule has 0 aliphatic carbocycles. The number of fused-ring (bicyclic) bond motifs is 1. The van der Waals surface area contributed by atoms with Crippen LogP contribution in [0, 0.1) is 5.82 Å². The maximum Gasteiger partial charge on any atom is 0.276 e. The summed E-state index contributed by atoms with van der Waals surface area (Å²) in [7, 11) is 0. The summed E-state index contributed by atoms with van der Waals surface area (Å²) in [5.74, 6) is -1.49. The lowest BCUT2D eigenvalue weighted by Gasteiger charge is -2.46. The van der Waals surface area contributed by atoms with Crippen molar-refractivity contribution in [2.24, 2.45) is 5.10 Å². The van der Waals surface area contributed by atoms with Crippen LogP contribution in [-0.2, 0) is 4.79 Å². The van der Waals surface area contributed by atoms with Gasteiger partial charge in [-0.25, -0.2) is 4.39 Å². The van der Waals surface area contributed by atoms with Gasteiger partial charge in [-0.2, -0.15) is 5.10 Å². The summed E-state index contributed by atoms with van der Waals surface area (Å²) in [4.78, 5) is 14.7. The Labute approximate surface area is 174 Å². The van der Waals surface area contributed by atoms with Crippen molar-refractivity contribution in [3.63, 3.8) is 0 Å². The smallest absolute Gasteiger partial charge is 0.276 e. The molecule has 2 heterocycles. The molecule has 0 radical (unpaired) electrons. The molecule has 156 valence electrons. The minimum atomic E-state index is -1.34. The molecule has 2 aliphatic heterocycles. The fourth-order valence-corrected chi connectivity index (χ4v) is 4.17. The van der Waals surface area contributed by atoms with Gasteiger partial charge in [0.25, 0.3) is 5.91 Å². The highest BCUT2D eigenvalue weighted by atomic mass is 19.1. The zero-order chi connectivity index (χ0) is 21.4. The Hall–Kier alpha value is -3.19. The Balaban J connectivity index is 1.89. The summed E-state index contributed by atoms with van der Waals surface area (Å²) in [6.07, 6.45) is -0.130. The molecular weight excluding hydrogens is 385 g/mol. The van der Waals surface area contributed by atoms with E-state index in [-0.39, 0.29) is 29.4 Å². The first kappa shape index (κ1) is 20.1. The topological polar surface area (TPSA) is 76.4 Å². The molecule has 3 atom stereocenters. The summed E-state index contributed by atoms with van der Waals surface area (Å²) in [6, 6.07) is 15.5. The van der Waals surface area contributed by atoms with Crippen molar-refractivity contribution in [1.82, 2.24) is 9.91 Å². The van der Waals surface area contributed by atoms with Gasteiger partial charge in [-0.3, -0.25) is 9.80 Å². The number of aliphatic hydroxyl groups is 2. The molecule has 2 aromatic rings. The third-order valence-electron chi connectivity index (χ3n) is 5.62. The summed E-state index contributed by atoms with van der Waals surface area (Å²) < 4.78 is 14.1. The van der Waals surface area contributed by atoms with E-state index in [2.05, 4.69) is 5.10 Å². The second-order valence-electron chi connectivity index (χ2n) is 7.85. The highest BCUT2D eigenvalue weighted by molar-refractivity contribution is 5.96. The first-order valence-corrected chi connectivity index (χ1v) is 9.94. The zero-order valence-electron chi connectivity index (χ0n) is 16.8. The van der Waals surface area contributed by atoms with Gasteiger partial charge in [0.15, 0.2) is 11.5 Å². The van der Waals surface area contributed by atoms with E-state index < -0.39 is 17.9 Å². The fraction of sp³-hybridized carbons (Fsp3) is 0.304. The Morgan fingerprint density at radius 1 is 1.10 bits per heavy atom. The number of carbonyl (C=O) groups is 1. The fourth-order valence-electron chi connectivity index (χ4n) is 4.17. The minimum Gasteiger partial charge on any atom is -0.507 e. The number of carbonyl (C=O) groups excluding carboxylic acids is 1. The van der Waals surface area contributed by atoms with Gasteiger partial charge >= 0.3 is 0 Å².